The Bertz CT molecular complexity index is 241. The van der Waals surface area contributed by atoms with E-state index in [1.165, 1.54) is 13.0 Å². The van der Waals surface area contributed by atoms with Gasteiger partial charge in [-0.15, -0.1) is 0 Å². The fraction of sp³-hybridized carbons (Fsp3) is 0.750. The molecule has 0 amide bonds. The molecular formula is C8H12FN2O2SSe+. The number of carbonyl (C=O) groups excluding carboxylic acids is 2. The van der Waals surface area contributed by atoms with Gasteiger partial charge in [0.05, 0.1) is 0 Å². The predicted molar refractivity (Wildman–Crippen MR) is 59.7 cm³/mol. The van der Waals surface area contributed by atoms with Crippen LogP contribution in [-0.4, -0.2) is 40.2 Å². The molecular weight excluding hydrogens is 286 g/mol. The van der Waals surface area contributed by atoms with Crippen LogP contribution in [0.1, 0.15) is 12.8 Å². The Morgan fingerprint density at radius 1 is 1.13 bits per heavy atom. The van der Waals surface area contributed by atoms with E-state index in [2.05, 4.69) is 9.98 Å². The van der Waals surface area contributed by atoms with Crippen LogP contribution in [0.3, 0.4) is 0 Å². The third-order valence-electron chi connectivity index (χ3n) is 1.91. The van der Waals surface area contributed by atoms with Crippen LogP contribution >= 0.6 is 0 Å². The van der Waals surface area contributed by atoms with Crippen LogP contribution in [0, 0.1) is 0 Å². The Morgan fingerprint density at radius 3 is 1.87 bits per heavy atom. The van der Waals surface area contributed by atoms with Crippen molar-refractivity contribution in [2.75, 3.05) is 13.1 Å². The van der Waals surface area contributed by atoms with Gasteiger partial charge in [-0.3, -0.25) is 0 Å². The molecule has 2 unspecified atom stereocenters. The van der Waals surface area contributed by atoms with E-state index in [9.17, 15) is 13.5 Å². The summed E-state index contributed by atoms with van der Waals surface area (Å²) in [6.45, 7) is 1.20. The van der Waals surface area contributed by atoms with Crippen molar-refractivity contribution in [2.45, 2.75) is 22.5 Å². The molecule has 7 heteroatoms. The van der Waals surface area contributed by atoms with Crippen LogP contribution in [0.5, 0.6) is 0 Å². The molecule has 1 heterocycles. The van der Waals surface area contributed by atoms with Gasteiger partial charge in [0.1, 0.15) is 0 Å². The summed E-state index contributed by atoms with van der Waals surface area (Å²) in [6, 6.07) is 0. The van der Waals surface area contributed by atoms with Crippen LogP contribution in [0.25, 0.3) is 0 Å². The summed E-state index contributed by atoms with van der Waals surface area (Å²) in [6.07, 6.45) is 5.31. The van der Waals surface area contributed by atoms with Crippen LogP contribution in [-0.2, 0) is 22.6 Å². The minimum atomic E-state index is 0.459. The molecule has 1 fully saturated rings. The SMILES string of the molecule is F[SH2+].O=C=NCC1CCC(CN=C=O)[Se]1. The fourth-order valence-corrected chi connectivity index (χ4v) is 4.28. The molecule has 1 aliphatic rings. The van der Waals surface area contributed by atoms with Gasteiger partial charge in [-0.05, 0) is 0 Å². The molecule has 0 N–H and O–H groups in total. The first-order valence-electron chi connectivity index (χ1n) is 4.28. The maximum atomic E-state index is 9.86. The first kappa shape index (κ1) is 14.6. The van der Waals surface area contributed by atoms with Crippen molar-refractivity contribution in [3.05, 3.63) is 0 Å². The number of halogens is 1. The molecule has 1 saturated heterocycles. The van der Waals surface area contributed by atoms with Gasteiger partial charge in [0.15, 0.2) is 13.0 Å². The number of aliphatic imine (C=N–C) groups is 2. The van der Waals surface area contributed by atoms with Crippen molar-refractivity contribution < 1.29 is 13.5 Å². The molecule has 0 saturated carbocycles. The van der Waals surface area contributed by atoms with E-state index >= 15 is 0 Å². The maximum absolute atomic E-state index is 9.86. The molecule has 0 aromatic heterocycles. The van der Waals surface area contributed by atoms with Crippen molar-refractivity contribution in [1.82, 2.24) is 0 Å². The standard InChI is InChI=1S/C8H10N2O2Se.FHS/c11-5-9-3-7-1-2-8(13-7)4-10-6-12;1-2/h7-8H,1-4H2;2H/p+1. The van der Waals surface area contributed by atoms with Gasteiger partial charge in [-0.25, -0.2) is 0 Å². The molecule has 2 atom stereocenters. The van der Waals surface area contributed by atoms with Gasteiger partial charge in [0, 0.05) is 3.89 Å². The molecule has 1 rings (SSSR count). The average Bonchev–Trinajstić information content (AvgIpc) is 2.74. The molecule has 0 aromatic carbocycles. The average molecular weight is 298 g/mol. The van der Waals surface area contributed by atoms with Gasteiger partial charge in [0.2, 0.25) is 0 Å². The molecule has 1 aliphatic heterocycles. The molecule has 0 aromatic rings. The number of hydrogen-bond acceptors (Lipinski definition) is 4. The second kappa shape index (κ2) is 10.1. The van der Waals surface area contributed by atoms with E-state index in [-0.39, 0.29) is 0 Å². The van der Waals surface area contributed by atoms with Crippen LogP contribution in [0.4, 0.5) is 3.89 Å². The monoisotopic (exact) mass is 299 g/mol. The topological polar surface area (TPSA) is 58.9 Å². The normalized spacial score (nSPS) is 23.1. The molecule has 0 spiro atoms. The first-order valence-corrected chi connectivity index (χ1v) is 6.64. The summed E-state index contributed by atoms with van der Waals surface area (Å²) < 4.78 is 9.31. The Balaban J connectivity index is 0.000000921. The zero-order chi connectivity index (χ0) is 11.5. The van der Waals surface area contributed by atoms with E-state index in [1.54, 1.807) is 12.2 Å². The summed E-state index contributed by atoms with van der Waals surface area (Å²) in [4.78, 5) is 27.9. The predicted octanol–water partition coefficient (Wildman–Crippen LogP) is 0.615. The molecule has 4 nitrogen and oxygen atoms in total. The van der Waals surface area contributed by atoms with Crippen LogP contribution in [0.15, 0.2) is 9.98 Å². The second-order valence-electron chi connectivity index (χ2n) is 2.82. The van der Waals surface area contributed by atoms with E-state index in [1.807, 2.05) is 0 Å². The summed E-state index contributed by atoms with van der Waals surface area (Å²) >= 11 is 1.93. The minimum absolute atomic E-state index is 0.459. The molecule has 15 heavy (non-hydrogen) atoms. The molecule has 0 bridgehead atoms. The first-order chi connectivity index (χ1) is 7.36. The van der Waals surface area contributed by atoms with Crippen molar-refractivity contribution in [3.8, 4) is 0 Å². The quantitative estimate of drug-likeness (QED) is 0.330. The molecule has 0 radical (unpaired) electrons. The van der Waals surface area contributed by atoms with E-state index in [0.29, 0.717) is 37.7 Å². The fourth-order valence-electron chi connectivity index (χ4n) is 1.33. The Kier molecular flexibility index (Phi) is 9.79. The van der Waals surface area contributed by atoms with E-state index < -0.39 is 0 Å². The summed E-state index contributed by atoms with van der Waals surface area (Å²) in [5.74, 6) is 0. The van der Waals surface area contributed by atoms with Gasteiger partial charge in [-0.1, -0.05) is 0 Å². The van der Waals surface area contributed by atoms with Crippen LogP contribution in [0.2, 0.25) is 9.63 Å². The molecule has 84 valence electrons. The Hall–Kier alpha value is -0.441. The molecule has 0 aliphatic carbocycles. The number of hydrogen-bond donors (Lipinski definition) is 0. The third kappa shape index (κ3) is 6.61. The zero-order valence-corrected chi connectivity index (χ0v) is 10.7. The summed E-state index contributed by atoms with van der Waals surface area (Å²) in [5, 5.41) is 0. The van der Waals surface area contributed by atoms with E-state index in [4.69, 9.17) is 0 Å². The second-order valence-corrected chi connectivity index (χ2v) is 6.19. The summed E-state index contributed by atoms with van der Waals surface area (Å²) in [7, 11) is 0. The number of nitrogens with zero attached hydrogens (tertiary/aromatic N) is 2. The zero-order valence-electron chi connectivity index (χ0n) is 7.98. The van der Waals surface area contributed by atoms with Crippen molar-refractivity contribution in [2.24, 2.45) is 9.98 Å². The van der Waals surface area contributed by atoms with Crippen LogP contribution < -0.4 is 0 Å². The van der Waals surface area contributed by atoms with Crippen molar-refractivity contribution in [3.63, 3.8) is 0 Å². The van der Waals surface area contributed by atoms with Crippen molar-refractivity contribution >= 4 is 40.1 Å². The van der Waals surface area contributed by atoms with E-state index in [0.717, 1.165) is 12.8 Å². The van der Waals surface area contributed by atoms with Gasteiger partial charge >= 0.3 is 82.3 Å². The third-order valence-corrected chi connectivity index (χ3v) is 5.14. The van der Waals surface area contributed by atoms with Gasteiger partial charge < -0.3 is 0 Å². The Labute approximate surface area is 99.3 Å². The number of rotatable bonds is 4. The summed E-state index contributed by atoms with van der Waals surface area (Å²) in [5.41, 5.74) is 0. The number of isocyanates is 2. The van der Waals surface area contributed by atoms with Gasteiger partial charge in [-0.2, -0.15) is 0 Å². The Morgan fingerprint density at radius 2 is 1.53 bits per heavy atom. The van der Waals surface area contributed by atoms with Gasteiger partial charge in [0.25, 0.3) is 0 Å². The van der Waals surface area contributed by atoms with Crippen molar-refractivity contribution in [1.29, 1.82) is 0 Å².